The highest BCUT2D eigenvalue weighted by Gasteiger charge is 2.01. The molecule has 0 spiro atoms. The van der Waals surface area contributed by atoms with Gasteiger partial charge < -0.3 is 5.11 Å². The summed E-state index contributed by atoms with van der Waals surface area (Å²) >= 11 is 1.44. The molecule has 0 fully saturated rings. The van der Waals surface area contributed by atoms with Crippen LogP contribution in [0.5, 0.6) is 5.75 Å². The van der Waals surface area contributed by atoms with E-state index in [0.29, 0.717) is 0 Å². The van der Waals surface area contributed by atoms with Crippen molar-refractivity contribution >= 4 is 11.8 Å². The van der Waals surface area contributed by atoms with Gasteiger partial charge in [-0.1, -0.05) is 6.07 Å². The fourth-order valence-electron chi connectivity index (χ4n) is 0.787. The zero-order valence-corrected chi connectivity index (χ0v) is 7.51. The molecule has 0 saturated heterocycles. The maximum absolute atomic E-state index is 9.10. The van der Waals surface area contributed by atoms with E-state index >= 15 is 0 Å². The van der Waals surface area contributed by atoms with Crippen LogP contribution in [0, 0.1) is 11.3 Å². The Morgan fingerprint density at radius 3 is 2.92 bits per heavy atom. The van der Waals surface area contributed by atoms with Gasteiger partial charge in [-0.2, -0.15) is 5.26 Å². The number of hydrogen-bond acceptors (Lipinski definition) is 3. The van der Waals surface area contributed by atoms with Crippen molar-refractivity contribution < 1.29 is 5.11 Å². The van der Waals surface area contributed by atoms with Gasteiger partial charge in [-0.05, 0) is 25.1 Å². The summed E-state index contributed by atoms with van der Waals surface area (Å²) in [4.78, 5) is 0.920. The molecule has 1 unspecified atom stereocenters. The van der Waals surface area contributed by atoms with Gasteiger partial charge in [0.2, 0.25) is 0 Å². The molecule has 1 rings (SSSR count). The number of hydrogen-bond donors (Lipinski definition) is 1. The summed E-state index contributed by atoms with van der Waals surface area (Å²) in [5.74, 6) is 0.241. The minimum Gasteiger partial charge on any atom is -0.508 e. The molecule has 0 amide bonds. The Morgan fingerprint density at radius 2 is 2.33 bits per heavy atom. The summed E-state index contributed by atoms with van der Waals surface area (Å²) < 4.78 is 0. The standard InChI is InChI=1S/C9H9NOS/c1-7(6-10)12-9-4-2-3-8(11)5-9/h2-5,7,11H,1H3. The second-order valence-corrected chi connectivity index (χ2v) is 3.80. The van der Waals surface area contributed by atoms with Gasteiger partial charge in [0.25, 0.3) is 0 Å². The van der Waals surface area contributed by atoms with Crippen molar-refractivity contribution in [2.75, 3.05) is 0 Å². The normalized spacial score (nSPS) is 12.0. The molecule has 1 aromatic carbocycles. The summed E-state index contributed by atoms with van der Waals surface area (Å²) in [5.41, 5.74) is 0. The third-order valence-electron chi connectivity index (χ3n) is 1.31. The highest BCUT2D eigenvalue weighted by molar-refractivity contribution is 8.00. The quantitative estimate of drug-likeness (QED) is 0.709. The van der Waals surface area contributed by atoms with Crippen LogP contribution in [0.2, 0.25) is 0 Å². The van der Waals surface area contributed by atoms with Crippen LogP contribution >= 0.6 is 11.8 Å². The lowest BCUT2D eigenvalue weighted by Crippen LogP contribution is -1.88. The Labute approximate surface area is 75.8 Å². The van der Waals surface area contributed by atoms with Gasteiger partial charge >= 0.3 is 0 Å². The monoisotopic (exact) mass is 179 g/mol. The van der Waals surface area contributed by atoms with Crippen LogP contribution in [0.4, 0.5) is 0 Å². The van der Waals surface area contributed by atoms with E-state index in [1.807, 2.05) is 13.0 Å². The molecule has 0 aromatic heterocycles. The van der Waals surface area contributed by atoms with Crippen molar-refractivity contribution in [3.8, 4) is 11.8 Å². The number of aromatic hydroxyl groups is 1. The predicted molar refractivity (Wildman–Crippen MR) is 49.0 cm³/mol. The number of phenols is 1. The van der Waals surface area contributed by atoms with Crippen LogP contribution in [0.1, 0.15) is 6.92 Å². The molecule has 0 saturated carbocycles. The molecule has 62 valence electrons. The van der Waals surface area contributed by atoms with Crippen molar-refractivity contribution in [3.63, 3.8) is 0 Å². The van der Waals surface area contributed by atoms with Gasteiger partial charge in [0.1, 0.15) is 5.75 Å². The first-order valence-electron chi connectivity index (χ1n) is 3.57. The Kier molecular flexibility index (Phi) is 3.01. The van der Waals surface area contributed by atoms with Crippen molar-refractivity contribution in [3.05, 3.63) is 24.3 Å². The molecule has 0 aliphatic rings. The van der Waals surface area contributed by atoms with E-state index in [2.05, 4.69) is 6.07 Å². The molecule has 0 bridgehead atoms. The number of rotatable bonds is 2. The SMILES string of the molecule is CC(C#N)Sc1cccc(O)c1. The Hall–Kier alpha value is -1.14. The van der Waals surface area contributed by atoms with E-state index in [9.17, 15) is 0 Å². The molecule has 3 heteroatoms. The molecule has 0 aliphatic carbocycles. The van der Waals surface area contributed by atoms with Crippen LogP contribution in [0.25, 0.3) is 0 Å². The summed E-state index contributed by atoms with van der Waals surface area (Å²) in [7, 11) is 0. The Balaban J connectivity index is 2.71. The van der Waals surface area contributed by atoms with Crippen LogP contribution in [0.15, 0.2) is 29.2 Å². The van der Waals surface area contributed by atoms with E-state index in [4.69, 9.17) is 10.4 Å². The molecule has 0 radical (unpaired) electrons. The minimum atomic E-state index is -0.0770. The fraction of sp³-hybridized carbons (Fsp3) is 0.222. The van der Waals surface area contributed by atoms with Crippen LogP contribution in [-0.4, -0.2) is 10.4 Å². The van der Waals surface area contributed by atoms with Gasteiger partial charge in [0.05, 0.1) is 11.3 Å². The molecule has 12 heavy (non-hydrogen) atoms. The molecule has 1 N–H and O–H groups in total. The first-order valence-corrected chi connectivity index (χ1v) is 4.45. The number of nitrogens with zero attached hydrogens (tertiary/aromatic N) is 1. The molecular formula is C9H9NOS. The summed E-state index contributed by atoms with van der Waals surface area (Å²) in [6.07, 6.45) is 0. The van der Waals surface area contributed by atoms with Gasteiger partial charge in [0.15, 0.2) is 0 Å². The summed E-state index contributed by atoms with van der Waals surface area (Å²) in [6, 6.07) is 9.02. The smallest absolute Gasteiger partial charge is 0.116 e. The third kappa shape index (κ3) is 2.48. The van der Waals surface area contributed by atoms with Crippen LogP contribution in [0.3, 0.4) is 0 Å². The average molecular weight is 179 g/mol. The molecular weight excluding hydrogens is 170 g/mol. The van der Waals surface area contributed by atoms with E-state index in [0.717, 1.165) is 4.90 Å². The van der Waals surface area contributed by atoms with Crippen molar-refractivity contribution in [2.45, 2.75) is 17.1 Å². The zero-order chi connectivity index (χ0) is 8.97. The molecule has 1 atom stereocenters. The van der Waals surface area contributed by atoms with Gasteiger partial charge in [0, 0.05) is 4.90 Å². The largest absolute Gasteiger partial charge is 0.508 e. The van der Waals surface area contributed by atoms with E-state index < -0.39 is 0 Å². The number of phenolic OH excluding ortho intramolecular Hbond substituents is 1. The summed E-state index contributed by atoms with van der Waals surface area (Å²) in [5, 5.41) is 17.6. The van der Waals surface area contributed by atoms with Crippen molar-refractivity contribution in [1.82, 2.24) is 0 Å². The predicted octanol–water partition coefficient (Wildman–Crippen LogP) is 2.40. The number of benzene rings is 1. The second kappa shape index (κ2) is 4.03. The lowest BCUT2D eigenvalue weighted by Gasteiger charge is -2.01. The maximum Gasteiger partial charge on any atom is 0.116 e. The molecule has 2 nitrogen and oxygen atoms in total. The lowest BCUT2D eigenvalue weighted by atomic mass is 10.3. The highest BCUT2D eigenvalue weighted by Crippen LogP contribution is 2.25. The first kappa shape index (κ1) is 8.95. The van der Waals surface area contributed by atoms with Crippen molar-refractivity contribution in [2.24, 2.45) is 0 Å². The maximum atomic E-state index is 9.10. The zero-order valence-electron chi connectivity index (χ0n) is 6.69. The van der Waals surface area contributed by atoms with Gasteiger partial charge in [-0.15, -0.1) is 11.8 Å². The van der Waals surface area contributed by atoms with Crippen molar-refractivity contribution in [1.29, 1.82) is 5.26 Å². The fourth-order valence-corrected chi connectivity index (χ4v) is 1.59. The topological polar surface area (TPSA) is 44.0 Å². The number of nitriles is 1. The minimum absolute atomic E-state index is 0.0770. The van der Waals surface area contributed by atoms with E-state index in [-0.39, 0.29) is 11.0 Å². The van der Waals surface area contributed by atoms with Gasteiger partial charge in [-0.3, -0.25) is 0 Å². The van der Waals surface area contributed by atoms with Gasteiger partial charge in [-0.25, -0.2) is 0 Å². The second-order valence-electron chi connectivity index (χ2n) is 2.39. The summed E-state index contributed by atoms with van der Waals surface area (Å²) in [6.45, 7) is 1.83. The number of thioether (sulfide) groups is 1. The lowest BCUT2D eigenvalue weighted by molar-refractivity contribution is 0.474. The van der Waals surface area contributed by atoms with Crippen LogP contribution in [-0.2, 0) is 0 Å². The highest BCUT2D eigenvalue weighted by atomic mass is 32.2. The Bertz CT molecular complexity index is 306. The van der Waals surface area contributed by atoms with E-state index in [1.54, 1.807) is 18.2 Å². The molecule has 1 aromatic rings. The average Bonchev–Trinajstić information content (AvgIpc) is 2.04. The Morgan fingerprint density at radius 1 is 1.58 bits per heavy atom. The van der Waals surface area contributed by atoms with Crippen LogP contribution < -0.4 is 0 Å². The third-order valence-corrected chi connectivity index (χ3v) is 2.30. The molecule has 0 aliphatic heterocycles. The van der Waals surface area contributed by atoms with E-state index in [1.165, 1.54) is 11.8 Å². The first-order chi connectivity index (χ1) is 5.72. The molecule has 0 heterocycles.